The minimum Gasteiger partial charge on any atom is -0.368 e. The molecule has 5 nitrogen and oxygen atoms in total. The molecule has 0 saturated carbocycles. The summed E-state index contributed by atoms with van der Waals surface area (Å²) in [5.74, 6) is -0.575. The Morgan fingerprint density at radius 1 is 1.36 bits per heavy atom. The Hall–Kier alpha value is -1.10. The molecule has 0 saturated heterocycles. The lowest BCUT2D eigenvalue weighted by molar-refractivity contribution is -0.122. The molecule has 0 rings (SSSR count). The lowest BCUT2D eigenvalue weighted by Gasteiger charge is -2.13. The van der Waals surface area contributed by atoms with Crippen molar-refractivity contribution in [2.75, 3.05) is 6.54 Å². The van der Waals surface area contributed by atoms with Gasteiger partial charge in [-0.15, -0.1) is 0 Å². The van der Waals surface area contributed by atoms with Crippen LogP contribution in [0.3, 0.4) is 0 Å². The molecular formula is C9H19N3O2. The molecule has 0 aliphatic rings. The summed E-state index contributed by atoms with van der Waals surface area (Å²) in [5, 5.41) is 5.49. The van der Waals surface area contributed by atoms with Crippen molar-refractivity contribution < 1.29 is 9.59 Å². The highest BCUT2D eigenvalue weighted by molar-refractivity contribution is 5.82. The van der Waals surface area contributed by atoms with Gasteiger partial charge in [0.25, 0.3) is 0 Å². The molecule has 0 aromatic carbocycles. The molecule has 14 heavy (non-hydrogen) atoms. The predicted molar refractivity (Wildman–Crippen MR) is 54.6 cm³/mol. The number of nitrogens with two attached hydrogens (primary N) is 1. The van der Waals surface area contributed by atoms with Gasteiger partial charge in [-0.1, -0.05) is 6.92 Å². The molecule has 0 aromatic heterocycles. The molecule has 2 atom stereocenters. The summed E-state index contributed by atoms with van der Waals surface area (Å²) in [7, 11) is 0. The van der Waals surface area contributed by atoms with Gasteiger partial charge in [0, 0.05) is 6.04 Å². The molecule has 0 heterocycles. The van der Waals surface area contributed by atoms with Crippen LogP contribution in [-0.2, 0) is 9.59 Å². The smallest absolute Gasteiger partial charge is 0.234 e. The molecule has 0 aliphatic heterocycles. The van der Waals surface area contributed by atoms with Crippen molar-refractivity contribution in [3.8, 4) is 0 Å². The minimum atomic E-state index is -0.474. The highest BCUT2D eigenvalue weighted by Crippen LogP contribution is 1.86. The van der Waals surface area contributed by atoms with E-state index < -0.39 is 11.9 Å². The average molecular weight is 201 g/mol. The van der Waals surface area contributed by atoms with Crippen LogP contribution >= 0.6 is 0 Å². The van der Waals surface area contributed by atoms with E-state index >= 15 is 0 Å². The van der Waals surface area contributed by atoms with Gasteiger partial charge in [0.1, 0.15) is 0 Å². The zero-order valence-corrected chi connectivity index (χ0v) is 8.96. The second-order valence-electron chi connectivity index (χ2n) is 3.38. The maximum absolute atomic E-state index is 11.2. The van der Waals surface area contributed by atoms with E-state index in [-0.39, 0.29) is 18.5 Å². The third kappa shape index (κ3) is 5.53. The lowest BCUT2D eigenvalue weighted by Crippen LogP contribution is -2.45. The summed E-state index contributed by atoms with van der Waals surface area (Å²) < 4.78 is 0. The van der Waals surface area contributed by atoms with Gasteiger partial charge in [-0.2, -0.15) is 0 Å². The summed E-state index contributed by atoms with van der Waals surface area (Å²) in [5.41, 5.74) is 5.02. The van der Waals surface area contributed by atoms with Crippen molar-refractivity contribution in [3.05, 3.63) is 0 Å². The highest BCUT2D eigenvalue weighted by Gasteiger charge is 2.10. The van der Waals surface area contributed by atoms with Gasteiger partial charge in [0.2, 0.25) is 11.8 Å². The first-order chi connectivity index (χ1) is 6.47. The van der Waals surface area contributed by atoms with Crippen LogP contribution in [0.4, 0.5) is 0 Å². The molecule has 4 N–H and O–H groups in total. The number of rotatable bonds is 6. The Bertz CT molecular complexity index is 206. The number of primary amides is 1. The van der Waals surface area contributed by atoms with Crippen LogP contribution in [0.1, 0.15) is 27.2 Å². The van der Waals surface area contributed by atoms with Crippen molar-refractivity contribution in [3.63, 3.8) is 0 Å². The monoisotopic (exact) mass is 201 g/mol. The van der Waals surface area contributed by atoms with E-state index in [1.807, 2.05) is 13.8 Å². The van der Waals surface area contributed by atoms with E-state index in [9.17, 15) is 9.59 Å². The summed E-state index contributed by atoms with van der Waals surface area (Å²) in [6.07, 6.45) is 0.886. The van der Waals surface area contributed by atoms with Crippen LogP contribution in [0.15, 0.2) is 0 Å². The fraction of sp³-hybridized carbons (Fsp3) is 0.778. The zero-order valence-electron chi connectivity index (χ0n) is 8.96. The number of carbonyl (C=O) groups excluding carboxylic acids is 2. The van der Waals surface area contributed by atoms with Crippen molar-refractivity contribution in [1.29, 1.82) is 0 Å². The first-order valence-electron chi connectivity index (χ1n) is 4.79. The number of carbonyl (C=O) groups is 2. The number of amides is 2. The predicted octanol–water partition coefficient (Wildman–Crippen LogP) is -0.635. The quantitative estimate of drug-likeness (QED) is 0.534. The van der Waals surface area contributed by atoms with E-state index in [1.165, 1.54) is 0 Å². The maximum Gasteiger partial charge on any atom is 0.234 e. The molecule has 0 aromatic rings. The Labute approximate surface area is 84.4 Å². The first-order valence-corrected chi connectivity index (χ1v) is 4.79. The normalized spacial score (nSPS) is 14.5. The van der Waals surface area contributed by atoms with E-state index in [1.54, 1.807) is 6.92 Å². The van der Waals surface area contributed by atoms with Crippen LogP contribution < -0.4 is 16.4 Å². The van der Waals surface area contributed by atoms with Crippen LogP contribution in [-0.4, -0.2) is 30.4 Å². The summed E-state index contributed by atoms with van der Waals surface area (Å²) in [6.45, 7) is 5.66. The maximum atomic E-state index is 11.2. The van der Waals surface area contributed by atoms with Gasteiger partial charge in [-0.25, -0.2) is 0 Å². The molecule has 0 bridgehead atoms. The Balaban J connectivity index is 3.69. The zero-order chi connectivity index (χ0) is 11.1. The van der Waals surface area contributed by atoms with E-state index in [0.717, 1.165) is 6.42 Å². The summed E-state index contributed by atoms with van der Waals surface area (Å²) in [4.78, 5) is 21.8. The van der Waals surface area contributed by atoms with Gasteiger partial charge < -0.3 is 11.1 Å². The highest BCUT2D eigenvalue weighted by atomic mass is 16.2. The Morgan fingerprint density at radius 2 is 1.93 bits per heavy atom. The molecule has 0 spiro atoms. The largest absolute Gasteiger partial charge is 0.368 e. The Kier molecular flexibility index (Phi) is 5.87. The molecule has 0 fully saturated rings. The molecule has 0 aliphatic carbocycles. The summed E-state index contributed by atoms with van der Waals surface area (Å²) >= 11 is 0. The van der Waals surface area contributed by atoms with Gasteiger partial charge in [-0.3, -0.25) is 14.9 Å². The van der Waals surface area contributed by atoms with E-state index in [4.69, 9.17) is 5.73 Å². The molecule has 2 amide bonds. The van der Waals surface area contributed by atoms with Gasteiger partial charge in [0.05, 0.1) is 12.6 Å². The van der Waals surface area contributed by atoms with Crippen LogP contribution in [0, 0.1) is 0 Å². The third-order valence-electron chi connectivity index (χ3n) is 2.02. The third-order valence-corrected chi connectivity index (χ3v) is 2.02. The number of hydrogen-bond donors (Lipinski definition) is 3. The number of hydrogen-bond acceptors (Lipinski definition) is 3. The van der Waals surface area contributed by atoms with E-state index in [0.29, 0.717) is 0 Å². The first kappa shape index (κ1) is 12.9. The van der Waals surface area contributed by atoms with E-state index in [2.05, 4.69) is 10.6 Å². The number of nitrogens with one attached hydrogen (secondary N) is 2. The Morgan fingerprint density at radius 3 is 2.36 bits per heavy atom. The van der Waals surface area contributed by atoms with Crippen LogP contribution in [0.2, 0.25) is 0 Å². The standard InChI is InChI=1S/C9H19N3O2/c1-4-6(2)12-8(13)5-11-7(3)9(10)14/h6-7,11H,4-5H2,1-3H3,(H2,10,14)(H,12,13). The molecule has 82 valence electrons. The molecule has 2 unspecified atom stereocenters. The lowest BCUT2D eigenvalue weighted by atomic mass is 10.2. The van der Waals surface area contributed by atoms with Crippen molar-refractivity contribution in [2.24, 2.45) is 5.73 Å². The summed E-state index contributed by atoms with van der Waals surface area (Å²) in [6, 6.07) is -0.314. The van der Waals surface area contributed by atoms with Crippen molar-refractivity contribution in [1.82, 2.24) is 10.6 Å². The average Bonchev–Trinajstić information content (AvgIpc) is 2.13. The topological polar surface area (TPSA) is 84.2 Å². The second-order valence-corrected chi connectivity index (χ2v) is 3.38. The molecular weight excluding hydrogens is 182 g/mol. The van der Waals surface area contributed by atoms with Crippen LogP contribution in [0.25, 0.3) is 0 Å². The minimum absolute atomic E-state index is 0.118. The second kappa shape index (κ2) is 6.37. The molecule has 0 radical (unpaired) electrons. The van der Waals surface area contributed by atoms with Gasteiger partial charge in [0.15, 0.2) is 0 Å². The molecule has 5 heteroatoms. The fourth-order valence-electron chi connectivity index (χ4n) is 0.774. The SMILES string of the molecule is CCC(C)NC(=O)CNC(C)C(N)=O. The van der Waals surface area contributed by atoms with Gasteiger partial charge >= 0.3 is 0 Å². The van der Waals surface area contributed by atoms with Crippen molar-refractivity contribution >= 4 is 11.8 Å². The van der Waals surface area contributed by atoms with Gasteiger partial charge in [-0.05, 0) is 20.3 Å². The fourth-order valence-corrected chi connectivity index (χ4v) is 0.774. The van der Waals surface area contributed by atoms with Crippen LogP contribution in [0.5, 0.6) is 0 Å². The van der Waals surface area contributed by atoms with Crippen molar-refractivity contribution in [2.45, 2.75) is 39.3 Å².